The van der Waals surface area contributed by atoms with E-state index < -0.39 is 32.4 Å². The van der Waals surface area contributed by atoms with Crippen molar-refractivity contribution < 1.29 is 27.5 Å². The van der Waals surface area contributed by atoms with Crippen molar-refractivity contribution in [2.75, 3.05) is 11.6 Å². The third-order valence-corrected chi connectivity index (χ3v) is 6.52. The number of anilines is 1. The molecule has 0 saturated carbocycles. The summed E-state index contributed by atoms with van der Waals surface area (Å²) in [4.78, 5) is 24.5. The molecule has 0 fully saturated rings. The first-order valence-corrected chi connectivity index (χ1v) is 10.6. The molecule has 3 rings (SSSR count). The molecule has 9 heteroatoms. The zero-order valence-electron chi connectivity index (χ0n) is 13.8. The Morgan fingerprint density at radius 3 is 2.58 bits per heavy atom. The number of aryl methyl sites for hydroxylation is 1. The second kappa shape index (κ2) is 6.81. The Hall–Kier alpha value is -2.26. The fourth-order valence-corrected chi connectivity index (χ4v) is 5.02. The molecule has 2 aromatic rings. The van der Waals surface area contributed by atoms with Crippen molar-refractivity contribution in [3.63, 3.8) is 0 Å². The number of carbonyl (C=O) groups is 2. The summed E-state index contributed by atoms with van der Waals surface area (Å²) in [5.41, 5.74) is 0.776. The Morgan fingerprint density at radius 2 is 1.92 bits per heavy atom. The molecular formula is C17H16FNO5S2. The van der Waals surface area contributed by atoms with E-state index in [4.69, 9.17) is 0 Å². The van der Waals surface area contributed by atoms with E-state index in [1.54, 1.807) is 0 Å². The van der Waals surface area contributed by atoms with Crippen LogP contribution < -0.4 is 5.32 Å². The lowest BCUT2D eigenvalue weighted by Gasteiger charge is -2.10. The van der Waals surface area contributed by atoms with Gasteiger partial charge >= 0.3 is 5.97 Å². The largest absolute Gasteiger partial charge is 0.478 e. The first-order valence-electron chi connectivity index (χ1n) is 7.87. The van der Waals surface area contributed by atoms with Crippen molar-refractivity contribution in [2.45, 2.75) is 30.6 Å². The fraction of sp³-hybridized carbons (Fsp3) is 0.294. The summed E-state index contributed by atoms with van der Waals surface area (Å²) in [6, 6.07) is 3.02. The highest BCUT2D eigenvalue weighted by Crippen LogP contribution is 2.38. The Labute approximate surface area is 153 Å². The van der Waals surface area contributed by atoms with Crippen LogP contribution in [0.4, 0.5) is 9.39 Å². The number of hydrogen-bond donors (Lipinski definition) is 2. The van der Waals surface area contributed by atoms with E-state index >= 15 is 0 Å². The molecule has 0 saturated heterocycles. The van der Waals surface area contributed by atoms with Gasteiger partial charge in [0.25, 0.3) is 5.91 Å². The molecule has 1 aliphatic rings. The maximum Gasteiger partial charge on any atom is 0.339 e. The summed E-state index contributed by atoms with van der Waals surface area (Å²) in [6.45, 7) is 0. The number of benzene rings is 1. The minimum atomic E-state index is -3.83. The van der Waals surface area contributed by atoms with Gasteiger partial charge in [-0.2, -0.15) is 0 Å². The molecule has 1 aliphatic carbocycles. The van der Waals surface area contributed by atoms with E-state index in [-0.39, 0.29) is 16.1 Å². The van der Waals surface area contributed by atoms with Crippen LogP contribution in [0.1, 0.15) is 44.0 Å². The topological polar surface area (TPSA) is 101 Å². The summed E-state index contributed by atoms with van der Waals surface area (Å²) < 4.78 is 36.9. The maximum absolute atomic E-state index is 13.7. The summed E-state index contributed by atoms with van der Waals surface area (Å²) in [6.07, 6.45) is 4.13. The van der Waals surface area contributed by atoms with E-state index in [2.05, 4.69) is 5.32 Å². The molecular weight excluding hydrogens is 381 g/mol. The summed E-state index contributed by atoms with van der Waals surface area (Å²) >= 11 is 1.22. The van der Waals surface area contributed by atoms with E-state index in [1.165, 1.54) is 11.3 Å². The highest BCUT2D eigenvalue weighted by atomic mass is 32.2. The van der Waals surface area contributed by atoms with Crippen LogP contribution >= 0.6 is 11.3 Å². The monoisotopic (exact) mass is 397 g/mol. The van der Waals surface area contributed by atoms with E-state index in [0.717, 1.165) is 54.2 Å². The predicted octanol–water partition coefficient (Wildman–Crippen LogP) is 3.12. The lowest BCUT2D eigenvalue weighted by atomic mass is 9.95. The van der Waals surface area contributed by atoms with Gasteiger partial charge in [0.2, 0.25) is 0 Å². The normalized spacial score (nSPS) is 13.9. The van der Waals surface area contributed by atoms with Gasteiger partial charge in [0, 0.05) is 16.7 Å². The molecule has 1 aromatic carbocycles. The number of carboxylic acids is 1. The number of aromatic carboxylic acids is 1. The van der Waals surface area contributed by atoms with Gasteiger partial charge in [0.15, 0.2) is 9.84 Å². The molecule has 0 unspecified atom stereocenters. The Balaban J connectivity index is 1.97. The lowest BCUT2D eigenvalue weighted by Crippen LogP contribution is -2.15. The summed E-state index contributed by atoms with van der Waals surface area (Å²) in [5.74, 6) is -2.74. The number of halogens is 1. The lowest BCUT2D eigenvalue weighted by molar-refractivity contribution is 0.0697. The second-order valence-electron chi connectivity index (χ2n) is 6.09. The molecule has 1 aromatic heterocycles. The van der Waals surface area contributed by atoms with Crippen molar-refractivity contribution in [2.24, 2.45) is 0 Å². The third-order valence-electron chi connectivity index (χ3n) is 4.21. The second-order valence-corrected chi connectivity index (χ2v) is 9.18. The smallest absolute Gasteiger partial charge is 0.339 e. The van der Waals surface area contributed by atoms with Gasteiger partial charge in [-0.1, -0.05) is 0 Å². The summed E-state index contributed by atoms with van der Waals surface area (Å²) in [7, 11) is -3.83. The molecule has 1 amide bonds. The van der Waals surface area contributed by atoms with Crippen LogP contribution in [0, 0.1) is 5.82 Å². The zero-order chi connectivity index (χ0) is 19.1. The molecule has 26 heavy (non-hydrogen) atoms. The quantitative estimate of drug-likeness (QED) is 0.826. The Bertz CT molecular complexity index is 1010. The van der Waals surface area contributed by atoms with Crippen LogP contribution in [0.3, 0.4) is 0 Å². The highest BCUT2D eigenvalue weighted by Gasteiger charge is 2.26. The van der Waals surface area contributed by atoms with Crippen LogP contribution in [-0.4, -0.2) is 31.7 Å². The van der Waals surface area contributed by atoms with Gasteiger partial charge in [0.1, 0.15) is 15.7 Å². The van der Waals surface area contributed by atoms with Gasteiger partial charge in [-0.25, -0.2) is 17.6 Å². The standard InChI is InChI=1S/C17H16FNO5S2/c1-26(23,24)13-8-9(6-7-11(13)18)15(20)19-16-14(17(21)22)10-4-2-3-5-12(10)25-16/h6-8H,2-5H2,1H3,(H,19,20)(H,21,22). The molecule has 2 N–H and O–H groups in total. The number of carbonyl (C=O) groups excluding carboxylic acids is 1. The zero-order valence-corrected chi connectivity index (χ0v) is 15.5. The molecule has 0 atom stereocenters. The van der Waals surface area contributed by atoms with Crippen molar-refractivity contribution in [1.29, 1.82) is 0 Å². The first kappa shape index (κ1) is 18.5. The predicted molar refractivity (Wildman–Crippen MR) is 95.4 cm³/mol. The van der Waals surface area contributed by atoms with Crippen molar-refractivity contribution in [3.8, 4) is 0 Å². The number of amides is 1. The highest BCUT2D eigenvalue weighted by molar-refractivity contribution is 7.90. The van der Waals surface area contributed by atoms with Gasteiger partial charge in [-0.05, 0) is 49.4 Å². The maximum atomic E-state index is 13.7. The van der Waals surface area contributed by atoms with E-state index in [9.17, 15) is 27.5 Å². The molecule has 6 nitrogen and oxygen atoms in total. The van der Waals surface area contributed by atoms with Crippen molar-refractivity contribution >= 4 is 38.1 Å². The van der Waals surface area contributed by atoms with Gasteiger partial charge in [0.05, 0.1) is 5.56 Å². The third kappa shape index (κ3) is 3.49. The number of hydrogen-bond acceptors (Lipinski definition) is 5. The number of nitrogens with one attached hydrogen (secondary N) is 1. The van der Waals surface area contributed by atoms with Crippen LogP contribution in [0.2, 0.25) is 0 Å². The number of fused-ring (bicyclic) bond motifs is 1. The Morgan fingerprint density at radius 1 is 1.23 bits per heavy atom. The number of rotatable bonds is 4. The minimum absolute atomic E-state index is 0.0606. The van der Waals surface area contributed by atoms with Crippen LogP contribution in [0.5, 0.6) is 0 Å². The number of carboxylic acid groups (broad SMARTS) is 1. The van der Waals surface area contributed by atoms with Crippen LogP contribution in [-0.2, 0) is 22.7 Å². The molecule has 138 valence electrons. The summed E-state index contributed by atoms with van der Waals surface area (Å²) in [5, 5.41) is 12.3. The van der Waals surface area contributed by atoms with Crippen LogP contribution in [0.25, 0.3) is 0 Å². The van der Waals surface area contributed by atoms with Gasteiger partial charge in [-0.3, -0.25) is 4.79 Å². The average molecular weight is 397 g/mol. The molecule has 0 aliphatic heterocycles. The average Bonchev–Trinajstić information content (AvgIpc) is 2.91. The number of sulfone groups is 1. The fourth-order valence-electron chi connectivity index (χ4n) is 2.98. The van der Waals surface area contributed by atoms with E-state index in [0.29, 0.717) is 6.42 Å². The molecule has 0 spiro atoms. The SMILES string of the molecule is CS(=O)(=O)c1cc(C(=O)Nc2sc3c(c2C(=O)O)CCCC3)ccc1F. The van der Waals surface area contributed by atoms with Gasteiger partial charge in [-0.15, -0.1) is 11.3 Å². The molecule has 0 radical (unpaired) electrons. The minimum Gasteiger partial charge on any atom is -0.478 e. The van der Waals surface area contributed by atoms with Crippen LogP contribution in [0.15, 0.2) is 23.1 Å². The van der Waals surface area contributed by atoms with Gasteiger partial charge < -0.3 is 10.4 Å². The first-order chi connectivity index (χ1) is 12.2. The van der Waals surface area contributed by atoms with Crippen molar-refractivity contribution in [1.82, 2.24) is 0 Å². The molecule has 1 heterocycles. The van der Waals surface area contributed by atoms with E-state index in [1.807, 2.05) is 0 Å². The number of thiophene rings is 1. The molecule has 0 bridgehead atoms. The Kier molecular flexibility index (Phi) is 4.85. The van der Waals surface area contributed by atoms with Crippen molar-refractivity contribution in [3.05, 3.63) is 45.6 Å².